The SMILES string of the molecule is Cc1ccc(S(=O)(=O)NCCCOC2CCNCC2)cc1. The zero-order chi connectivity index (χ0) is 15.1. The Balaban J connectivity index is 1.68. The van der Waals surface area contributed by atoms with E-state index in [0.29, 0.717) is 30.6 Å². The molecule has 1 saturated heterocycles. The molecule has 0 bridgehead atoms. The van der Waals surface area contributed by atoms with Crippen molar-refractivity contribution in [2.75, 3.05) is 26.2 Å². The molecule has 118 valence electrons. The molecule has 1 aliphatic heterocycles. The topological polar surface area (TPSA) is 67.4 Å². The lowest BCUT2D eigenvalue weighted by Gasteiger charge is -2.22. The number of nitrogens with one attached hydrogen (secondary N) is 2. The van der Waals surface area contributed by atoms with Crippen LogP contribution in [0.4, 0.5) is 0 Å². The lowest BCUT2D eigenvalue weighted by molar-refractivity contribution is 0.0322. The zero-order valence-electron chi connectivity index (χ0n) is 12.5. The molecular formula is C15H24N2O3S. The van der Waals surface area contributed by atoms with Gasteiger partial charge in [-0.15, -0.1) is 0 Å². The lowest BCUT2D eigenvalue weighted by Crippen LogP contribution is -2.33. The number of benzene rings is 1. The summed E-state index contributed by atoms with van der Waals surface area (Å²) >= 11 is 0. The van der Waals surface area contributed by atoms with Crippen LogP contribution in [0.1, 0.15) is 24.8 Å². The van der Waals surface area contributed by atoms with Gasteiger partial charge < -0.3 is 10.1 Å². The van der Waals surface area contributed by atoms with Crippen molar-refractivity contribution in [3.8, 4) is 0 Å². The average Bonchev–Trinajstić information content (AvgIpc) is 2.48. The molecule has 5 nitrogen and oxygen atoms in total. The standard InChI is InChI=1S/C15H24N2O3S/c1-13-3-5-15(6-4-13)21(18,19)17-9-2-12-20-14-7-10-16-11-8-14/h3-6,14,16-17H,2,7-12H2,1H3. The Labute approximate surface area is 127 Å². The predicted octanol–water partition coefficient (Wildman–Crippen LogP) is 1.43. The second-order valence-corrected chi connectivity index (χ2v) is 7.15. The number of aryl methyl sites for hydroxylation is 1. The molecule has 0 aromatic heterocycles. The Morgan fingerprint density at radius 1 is 1.24 bits per heavy atom. The van der Waals surface area contributed by atoms with Crippen molar-refractivity contribution in [2.45, 2.75) is 37.2 Å². The van der Waals surface area contributed by atoms with E-state index in [1.165, 1.54) is 0 Å². The number of ether oxygens (including phenoxy) is 1. The van der Waals surface area contributed by atoms with Gasteiger partial charge in [0.25, 0.3) is 0 Å². The van der Waals surface area contributed by atoms with Gasteiger partial charge in [0.15, 0.2) is 0 Å². The van der Waals surface area contributed by atoms with Crippen LogP contribution in [0.15, 0.2) is 29.2 Å². The summed E-state index contributed by atoms with van der Waals surface area (Å²) < 4.78 is 32.5. The lowest BCUT2D eigenvalue weighted by atomic mass is 10.1. The van der Waals surface area contributed by atoms with Crippen LogP contribution >= 0.6 is 0 Å². The van der Waals surface area contributed by atoms with Gasteiger partial charge in [0.1, 0.15) is 0 Å². The zero-order valence-corrected chi connectivity index (χ0v) is 13.3. The van der Waals surface area contributed by atoms with E-state index in [2.05, 4.69) is 10.0 Å². The van der Waals surface area contributed by atoms with Crippen molar-refractivity contribution >= 4 is 10.0 Å². The van der Waals surface area contributed by atoms with Gasteiger partial charge in [0.05, 0.1) is 11.0 Å². The van der Waals surface area contributed by atoms with Crippen LogP contribution in [0.5, 0.6) is 0 Å². The van der Waals surface area contributed by atoms with Crippen molar-refractivity contribution < 1.29 is 13.2 Å². The molecule has 0 radical (unpaired) electrons. The molecule has 0 aliphatic carbocycles. The third-order valence-electron chi connectivity index (χ3n) is 3.58. The molecule has 6 heteroatoms. The summed E-state index contributed by atoms with van der Waals surface area (Å²) in [6.45, 7) is 4.94. The van der Waals surface area contributed by atoms with Crippen LogP contribution in [0.3, 0.4) is 0 Å². The molecule has 0 atom stereocenters. The molecule has 1 aliphatic rings. The van der Waals surface area contributed by atoms with Gasteiger partial charge in [0, 0.05) is 13.2 Å². The molecule has 1 aromatic rings. The number of hydrogen-bond donors (Lipinski definition) is 2. The minimum atomic E-state index is -3.40. The Morgan fingerprint density at radius 3 is 2.57 bits per heavy atom. The fourth-order valence-corrected chi connectivity index (χ4v) is 3.37. The monoisotopic (exact) mass is 312 g/mol. The second-order valence-electron chi connectivity index (χ2n) is 5.38. The second kappa shape index (κ2) is 7.89. The molecule has 1 aromatic carbocycles. The summed E-state index contributed by atoms with van der Waals surface area (Å²) in [5, 5.41) is 3.29. The normalized spacial score (nSPS) is 17.0. The van der Waals surface area contributed by atoms with E-state index in [0.717, 1.165) is 31.5 Å². The Bertz CT molecular complexity index is 522. The largest absolute Gasteiger partial charge is 0.378 e. The molecule has 1 fully saturated rings. The highest BCUT2D eigenvalue weighted by molar-refractivity contribution is 7.89. The Kier molecular flexibility index (Phi) is 6.17. The van der Waals surface area contributed by atoms with E-state index in [1.807, 2.05) is 6.92 Å². The first-order valence-electron chi connectivity index (χ1n) is 7.46. The molecule has 0 spiro atoms. The van der Waals surface area contributed by atoms with Crippen LogP contribution in [0.25, 0.3) is 0 Å². The van der Waals surface area contributed by atoms with Gasteiger partial charge in [-0.3, -0.25) is 0 Å². The first-order chi connectivity index (χ1) is 10.1. The predicted molar refractivity (Wildman–Crippen MR) is 82.8 cm³/mol. The van der Waals surface area contributed by atoms with Gasteiger partial charge in [-0.05, 0) is 51.4 Å². The first kappa shape index (κ1) is 16.4. The summed E-state index contributed by atoms with van der Waals surface area (Å²) in [6.07, 6.45) is 3.08. The molecule has 0 saturated carbocycles. The number of sulfonamides is 1. The molecule has 2 N–H and O–H groups in total. The minimum Gasteiger partial charge on any atom is -0.378 e. The maximum atomic E-state index is 12.0. The maximum absolute atomic E-state index is 12.0. The minimum absolute atomic E-state index is 0.312. The fraction of sp³-hybridized carbons (Fsp3) is 0.600. The molecule has 2 rings (SSSR count). The van der Waals surface area contributed by atoms with E-state index in [1.54, 1.807) is 24.3 Å². The molecule has 0 unspecified atom stereocenters. The summed E-state index contributed by atoms with van der Waals surface area (Å²) in [4.78, 5) is 0.312. The van der Waals surface area contributed by atoms with Crippen LogP contribution in [-0.2, 0) is 14.8 Å². The maximum Gasteiger partial charge on any atom is 0.240 e. The highest BCUT2D eigenvalue weighted by Gasteiger charge is 2.14. The average molecular weight is 312 g/mol. The van der Waals surface area contributed by atoms with Crippen molar-refractivity contribution in [3.05, 3.63) is 29.8 Å². The molecule has 1 heterocycles. The highest BCUT2D eigenvalue weighted by Crippen LogP contribution is 2.10. The summed E-state index contributed by atoms with van der Waals surface area (Å²) in [7, 11) is -3.40. The van der Waals surface area contributed by atoms with Gasteiger partial charge in [-0.25, -0.2) is 13.1 Å². The first-order valence-corrected chi connectivity index (χ1v) is 8.95. The van der Waals surface area contributed by atoms with E-state index >= 15 is 0 Å². The van der Waals surface area contributed by atoms with Gasteiger partial charge in [-0.1, -0.05) is 17.7 Å². The van der Waals surface area contributed by atoms with Crippen molar-refractivity contribution in [2.24, 2.45) is 0 Å². The number of rotatable bonds is 7. The van der Waals surface area contributed by atoms with Crippen LogP contribution < -0.4 is 10.0 Å². The molecule has 0 amide bonds. The van der Waals surface area contributed by atoms with E-state index in [4.69, 9.17) is 4.74 Å². The van der Waals surface area contributed by atoms with Crippen molar-refractivity contribution in [1.82, 2.24) is 10.0 Å². The third-order valence-corrected chi connectivity index (χ3v) is 5.06. The highest BCUT2D eigenvalue weighted by atomic mass is 32.2. The van der Waals surface area contributed by atoms with Crippen LogP contribution in [0, 0.1) is 6.92 Å². The van der Waals surface area contributed by atoms with E-state index in [9.17, 15) is 8.42 Å². The molecular weight excluding hydrogens is 288 g/mol. The van der Waals surface area contributed by atoms with Gasteiger partial charge in [0.2, 0.25) is 10.0 Å². The van der Waals surface area contributed by atoms with Crippen molar-refractivity contribution in [1.29, 1.82) is 0 Å². The summed E-state index contributed by atoms with van der Waals surface area (Å²) in [5.74, 6) is 0. The summed E-state index contributed by atoms with van der Waals surface area (Å²) in [5.41, 5.74) is 1.05. The Morgan fingerprint density at radius 2 is 1.90 bits per heavy atom. The molecule has 21 heavy (non-hydrogen) atoms. The fourth-order valence-electron chi connectivity index (χ4n) is 2.29. The summed E-state index contributed by atoms with van der Waals surface area (Å²) in [6, 6.07) is 6.86. The van der Waals surface area contributed by atoms with Crippen LogP contribution in [0.2, 0.25) is 0 Å². The smallest absolute Gasteiger partial charge is 0.240 e. The van der Waals surface area contributed by atoms with Crippen LogP contribution in [-0.4, -0.2) is 40.8 Å². The van der Waals surface area contributed by atoms with Crippen molar-refractivity contribution in [3.63, 3.8) is 0 Å². The third kappa shape index (κ3) is 5.39. The number of piperidine rings is 1. The van der Waals surface area contributed by atoms with Gasteiger partial charge >= 0.3 is 0 Å². The van der Waals surface area contributed by atoms with Gasteiger partial charge in [-0.2, -0.15) is 0 Å². The Hall–Kier alpha value is -0.950. The quantitative estimate of drug-likeness (QED) is 0.748. The number of hydrogen-bond acceptors (Lipinski definition) is 4. The van der Waals surface area contributed by atoms with E-state index < -0.39 is 10.0 Å². The van der Waals surface area contributed by atoms with E-state index in [-0.39, 0.29) is 0 Å².